The summed E-state index contributed by atoms with van der Waals surface area (Å²) in [5.41, 5.74) is 3.34. The predicted molar refractivity (Wildman–Crippen MR) is 113 cm³/mol. The van der Waals surface area contributed by atoms with Gasteiger partial charge in [0, 0.05) is 6.92 Å². The van der Waals surface area contributed by atoms with Crippen molar-refractivity contribution in [1.29, 1.82) is 0 Å². The zero-order valence-corrected chi connectivity index (χ0v) is 16.9. The molecule has 2 aromatic carbocycles. The van der Waals surface area contributed by atoms with Crippen molar-refractivity contribution >= 4 is 25.4 Å². The second-order valence-electron chi connectivity index (χ2n) is 6.83. The number of carbonyl (C=O) groups is 3. The van der Waals surface area contributed by atoms with E-state index in [-0.39, 0.29) is 12.5 Å². The molecule has 0 aliphatic carbocycles. The maximum atomic E-state index is 12.2. The molecule has 0 saturated heterocycles. The lowest BCUT2D eigenvalue weighted by molar-refractivity contribution is -0.167. The standard InChI is InChI=1S/C23H26BO5/c1-3-28-23(27)22(29-17(2)26)14-19(15-24-16-25)13-18-9-11-21(12-10-18)20-7-5-4-6-8-20/h4-12,16,19,22H,3,13-15H2,1-2H3/t19-,22?/m1/s1. The van der Waals surface area contributed by atoms with E-state index in [0.29, 0.717) is 19.2 Å². The molecule has 0 aliphatic heterocycles. The Bertz CT molecular complexity index is 789. The van der Waals surface area contributed by atoms with Crippen LogP contribution in [0.25, 0.3) is 11.1 Å². The molecular weight excluding hydrogens is 367 g/mol. The van der Waals surface area contributed by atoms with Crippen molar-refractivity contribution in [2.45, 2.75) is 39.1 Å². The number of rotatable bonds is 11. The van der Waals surface area contributed by atoms with Crippen LogP contribution in [-0.4, -0.2) is 38.1 Å². The van der Waals surface area contributed by atoms with Gasteiger partial charge in [-0.3, -0.25) is 4.79 Å². The molecule has 0 bridgehead atoms. The van der Waals surface area contributed by atoms with E-state index in [1.54, 1.807) is 6.92 Å². The Hall–Kier alpha value is -2.89. The van der Waals surface area contributed by atoms with E-state index < -0.39 is 18.0 Å². The molecule has 0 heterocycles. The molecule has 0 aliphatic rings. The monoisotopic (exact) mass is 393 g/mol. The van der Waals surface area contributed by atoms with E-state index >= 15 is 0 Å². The third-order valence-electron chi connectivity index (χ3n) is 4.56. The minimum absolute atomic E-state index is 0.0449. The summed E-state index contributed by atoms with van der Waals surface area (Å²) in [6, 6.07) is 18.3. The van der Waals surface area contributed by atoms with Crippen molar-refractivity contribution in [3.63, 3.8) is 0 Å². The van der Waals surface area contributed by atoms with Gasteiger partial charge in [0.2, 0.25) is 0 Å². The second kappa shape index (κ2) is 11.8. The fourth-order valence-electron chi connectivity index (χ4n) is 3.24. The van der Waals surface area contributed by atoms with Gasteiger partial charge in [0.15, 0.2) is 13.4 Å². The highest BCUT2D eigenvalue weighted by molar-refractivity contribution is 6.66. The van der Waals surface area contributed by atoms with Gasteiger partial charge in [-0.2, -0.15) is 0 Å². The summed E-state index contributed by atoms with van der Waals surface area (Å²) in [4.78, 5) is 34.4. The van der Waals surface area contributed by atoms with E-state index in [9.17, 15) is 14.4 Å². The molecule has 0 N–H and O–H groups in total. The summed E-state index contributed by atoms with van der Waals surface area (Å²) in [7, 11) is 1.53. The molecule has 29 heavy (non-hydrogen) atoms. The molecule has 151 valence electrons. The lowest BCUT2D eigenvalue weighted by Gasteiger charge is -2.22. The molecule has 2 rings (SSSR count). The largest absolute Gasteiger partial charge is 0.463 e. The van der Waals surface area contributed by atoms with Crippen molar-refractivity contribution in [1.82, 2.24) is 0 Å². The Labute approximate surface area is 172 Å². The first-order chi connectivity index (χ1) is 14.0. The smallest absolute Gasteiger partial charge is 0.347 e. The van der Waals surface area contributed by atoms with Gasteiger partial charge in [0.25, 0.3) is 0 Å². The van der Waals surface area contributed by atoms with E-state index in [2.05, 4.69) is 24.3 Å². The van der Waals surface area contributed by atoms with Gasteiger partial charge >= 0.3 is 11.9 Å². The molecule has 2 aromatic rings. The van der Waals surface area contributed by atoms with Crippen LogP contribution in [0.15, 0.2) is 54.6 Å². The lowest BCUT2D eigenvalue weighted by Crippen LogP contribution is -2.31. The van der Waals surface area contributed by atoms with Crippen molar-refractivity contribution < 1.29 is 23.9 Å². The first-order valence-electron chi connectivity index (χ1n) is 9.78. The van der Waals surface area contributed by atoms with Gasteiger partial charge in [-0.15, -0.1) is 0 Å². The highest BCUT2D eigenvalue weighted by Gasteiger charge is 2.27. The van der Waals surface area contributed by atoms with E-state index in [4.69, 9.17) is 9.47 Å². The number of ether oxygens (including phenoxy) is 2. The third-order valence-corrected chi connectivity index (χ3v) is 4.56. The molecule has 2 atom stereocenters. The molecule has 0 aromatic heterocycles. The summed E-state index contributed by atoms with van der Waals surface area (Å²) in [6.45, 7) is 3.18. The van der Waals surface area contributed by atoms with Crippen LogP contribution in [-0.2, 0) is 30.3 Å². The lowest BCUT2D eigenvalue weighted by atomic mass is 9.69. The Morgan fingerprint density at radius 3 is 2.28 bits per heavy atom. The van der Waals surface area contributed by atoms with Crippen LogP contribution in [0.3, 0.4) is 0 Å². The molecule has 0 fully saturated rings. The van der Waals surface area contributed by atoms with Crippen LogP contribution in [0, 0.1) is 5.92 Å². The molecule has 0 spiro atoms. The number of esters is 2. The summed E-state index contributed by atoms with van der Waals surface area (Å²) in [5, 5.41) is 0. The Kier molecular flexibility index (Phi) is 9.15. The quantitative estimate of drug-likeness (QED) is 0.331. The molecule has 5 nitrogen and oxygen atoms in total. The molecule has 6 heteroatoms. The first-order valence-corrected chi connectivity index (χ1v) is 9.78. The van der Waals surface area contributed by atoms with E-state index in [0.717, 1.165) is 22.9 Å². The van der Waals surface area contributed by atoms with Crippen LogP contribution in [0.2, 0.25) is 6.32 Å². The molecule has 1 unspecified atom stereocenters. The van der Waals surface area contributed by atoms with Crippen molar-refractivity contribution in [2.24, 2.45) is 5.92 Å². The SMILES string of the molecule is CCOC(=O)C(C[C@H](C[B]C=O)Cc1ccc(-c2ccccc2)cc1)OC(C)=O. The molecule has 0 saturated carbocycles. The van der Waals surface area contributed by atoms with Gasteiger partial charge in [0.05, 0.1) is 12.8 Å². The highest BCUT2D eigenvalue weighted by atomic mass is 16.6. The summed E-state index contributed by atoms with van der Waals surface area (Å²) >= 11 is 0. The van der Waals surface area contributed by atoms with Gasteiger partial charge in [0.1, 0.15) is 0 Å². The maximum absolute atomic E-state index is 12.2. The van der Waals surface area contributed by atoms with Crippen molar-refractivity contribution in [3.05, 3.63) is 60.2 Å². The van der Waals surface area contributed by atoms with Crippen LogP contribution in [0.5, 0.6) is 0 Å². The maximum Gasteiger partial charge on any atom is 0.347 e. The van der Waals surface area contributed by atoms with Crippen molar-refractivity contribution in [3.8, 4) is 11.1 Å². The number of benzene rings is 2. The number of hydrogen-bond donors (Lipinski definition) is 0. The van der Waals surface area contributed by atoms with Gasteiger partial charge in [-0.05, 0) is 42.4 Å². The van der Waals surface area contributed by atoms with Gasteiger partial charge in [-0.25, -0.2) is 4.79 Å². The Morgan fingerprint density at radius 1 is 1.03 bits per heavy atom. The highest BCUT2D eigenvalue weighted by Crippen LogP contribution is 2.24. The summed E-state index contributed by atoms with van der Waals surface area (Å²) in [5.74, 6) is -1.14. The number of carbonyl (C=O) groups excluding carboxylic acids is 3. The van der Waals surface area contributed by atoms with Crippen LogP contribution >= 0.6 is 0 Å². The second-order valence-corrected chi connectivity index (χ2v) is 6.83. The normalized spacial score (nSPS) is 12.5. The van der Waals surface area contributed by atoms with E-state index in [1.807, 2.05) is 30.3 Å². The average Bonchev–Trinajstić information content (AvgIpc) is 2.72. The van der Waals surface area contributed by atoms with E-state index in [1.165, 1.54) is 14.2 Å². The summed E-state index contributed by atoms with van der Waals surface area (Å²) < 4.78 is 10.2. The van der Waals surface area contributed by atoms with Crippen LogP contribution in [0.4, 0.5) is 0 Å². The first kappa shape index (κ1) is 22.4. The molecule has 1 radical (unpaired) electrons. The van der Waals surface area contributed by atoms with Gasteiger partial charge in [-0.1, -0.05) is 60.9 Å². The minimum atomic E-state index is -0.971. The third kappa shape index (κ3) is 7.57. The topological polar surface area (TPSA) is 69.7 Å². The zero-order valence-electron chi connectivity index (χ0n) is 16.9. The number of hydrogen-bond acceptors (Lipinski definition) is 5. The van der Waals surface area contributed by atoms with Gasteiger partial charge < -0.3 is 14.3 Å². The molecule has 0 amide bonds. The fraction of sp³-hybridized carbons (Fsp3) is 0.348. The fourth-order valence-corrected chi connectivity index (χ4v) is 3.24. The molecular formula is C23H26BO5. The zero-order chi connectivity index (χ0) is 21.1. The Balaban J connectivity index is 2.11. The average molecular weight is 393 g/mol. The Morgan fingerprint density at radius 2 is 1.69 bits per heavy atom. The van der Waals surface area contributed by atoms with Crippen LogP contribution < -0.4 is 0 Å². The predicted octanol–water partition coefficient (Wildman–Crippen LogP) is 3.71. The summed E-state index contributed by atoms with van der Waals surface area (Å²) in [6.07, 6.45) is 1.21. The van der Waals surface area contributed by atoms with Crippen LogP contribution in [0.1, 0.15) is 25.8 Å². The van der Waals surface area contributed by atoms with Crippen molar-refractivity contribution in [2.75, 3.05) is 6.61 Å². The minimum Gasteiger partial charge on any atom is -0.463 e.